The molecule has 0 heterocycles. The highest BCUT2D eigenvalue weighted by Gasteiger charge is 2.18. The number of nitrogens with zero attached hydrogens (tertiary/aromatic N) is 1. The van der Waals surface area contributed by atoms with Crippen molar-refractivity contribution in [3.63, 3.8) is 0 Å². The molecule has 15 heavy (non-hydrogen) atoms. The first-order chi connectivity index (χ1) is 7.20. The Morgan fingerprint density at radius 2 is 2.00 bits per heavy atom. The van der Waals surface area contributed by atoms with Crippen molar-refractivity contribution in [3.05, 3.63) is 29.8 Å². The van der Waals surface area contributed by atoms with E-state index in [0.29, 0.717) is 0 Å². The number of rotatable bonds is 4. The van der Waals surface area contributed by atoms with E-state index in [1.54, 1.807) is 13.2 Å². The van der Waals surface area contributed by atoms with Crippen molar-refractivity contribution in [2.45, 2.75) is 19.9 Å². The van der Waals surface area contributed by atoms with Crippen LogP contribution in [0, 0.1) is 5.92 Å². The highest BCUT2D eigenvalue weighted by molar-refractivity contribution is 5.40. The van der Waals surface area contributed by atoms with Crippen molar-refractivity contribution in [2.24, 2.45) is 10.9 Å². The molecule has 3 nitrogen and oxygen atoms in total. The van der Waals surface area contributed by atoms with Crippen molar-refractivity contribution in [2.75, 3.05) is 7.11 Å². The zero-order chi connectivity index (χ0) is 11.3. The van der Waals surface area contributed by atoms with Gasteiger partial charge in [0.1, 0.15) is 5.75 Å². The largest absolute Gasteiger partial charge is 0.496 e. The predicted octanol–water partition coefficient (Wildman–Crippen LogP) is 2.73. The fourth-order valence-electron chi connectivity index (χ4n) is 1.55. The van der Waals surface area contributed by atoms with Crippen LogP contribution < -0.4 is 4.74 Å². The molecule has 1 aromatic rings. The maximum absolute atomic E-state index is 10.4. The highest BCUT2D eigenvalue weighted by Crippen LogP contribution is 2.32. The van der Waals surface area contributed by atoms with Crippen LogP contribution in [-0.4, -0.2) is 13.2 Å². The summed E-state index contributed by atoms with van der Waals surface area (Å²) in [5.41, 5.74) is 0.929. The van der Waals surface area contributed by atoms with Crippen LogP contribution in [-0.2, 0) is 4.79 Å². The number of isocyanates is 1. The maximum atomic E-state index is 10.4. The van der Waals surface area contributed by atoms with E-state index >= 15 is 0 Å². The molecular formula is C12H15NO2. The van der Waals surface area contributed by atoms with Crippen LogP contribution in [0.2, 0.25) is 0 Å². The van der Waals surface area contributed by atoms with E-state index in [1.165, 1.54) is 0 Å². The van der Waals surface area contributed by atoms with Crippen LogP contribution in [0.4, 0.5) is 0 Å². The van der Waals surface area contributed by atoms with E-state index in [9.17, 15) is 4.79 Å². The maximum Gasteiger partial charge on any atom is 0.235 e. The number of ether oxygens (including phenoxy) is 1. The average molecular weight is 205 g/mol. The molecule has 0 aliphatic rings. The summed E-state index contributed by atoms with van der Waals surface area (Å²) in [6.07, 6.45) is 1.62. The van der Waals surface area contributed by atoms with E-state index < -0.39 is 0 Å². The summed E-state index contributed by atoms with van der Waals surface area (Å²) in [5.74, 6) is 0.998. The molecule has 0 fully saturated rings. The van der Waals surface area contributed by atoms with Gasteiger partial charge in [-0.25, -0.2) is 4.79 Å². The molecule has 0 radical (unpaired) electrons. The van der Waals surface area contributed by atoms with Crippen LogP contribution in [0.25, 0.3) is 0 Å². The van der Waals surface area contributed by atoms with E-state index in [0.717, 1.165) is 11.3 Å². The second kappa shape index (κ2) is 5.32. The van der Waals surface area contributed by atoms with Crippen molar-refractivity contribution < 1.29 is 9.53 Å². The molecule has 0 saturated carbocycles. The van der Waals surface area contributed by atoms with E-state index in [2.05, 4.69) is 4.99 Å². The summed E-state index contributed by atoms with van der Waals surface area (Å²) in [4.78, 5) is 14.2. The standard InChI is InChI=1S/C12H15NO2/c1-9(2)12(13-8-14)10-6-4-5-7-11(10)15-3/h4-7,9,12H,1-3H3. The lowest BCUT2D eigenvalue weighted by molar-refractivity contribution is 0.396. The third-order valence-corrected chi connectivity index (χ3v) is 2.28. The van der Waals surface area contributed by atoms with Gasteiger partial charge in [0.05, 0.1) is 13.2 Å². The van der Waals surface area contributed by atoms with Gasteiger partial charge in [-0.15, -0.1) is 0 Å². The minimum Gasteiger partial charge on any atom is -0.496 e. The summed E-state index contributed by atoms with van der Waals surface area (Å²) in [7, 11) is 1.61. The first-order valence-electron chi connectivity index (χ1n) is 4.90. The molecule has 0 N–H and O–H groups in total. The fourth-order valence-corrected chi connectivity index (χ4v) is 1.55. The molecule has 0 spiro atoms. The molecule has 1 rings (SSSR count). The Balaban J connectivity index is 3.15. The fraction of sp³-hybridized carbons (Fsp3) is 0.417. The van der Waals surface area contributed by atoms with Crippen molar-refractivity contribution in [1.29, 1.82) is 0 Å². The lowest BCUT2D eigenvalue weighted by Crippen LogP contribution is -2.05. The highest BCUT2D eigenvalue weighted by atomic mass is 16.5. The number of aliphatic imine (C=N–C) groups is 1. The molecule has 3 heteroatoms. The first-order valence-corrected chi connectivity index (χ1v) is 4.90. The predicted molar refractivity (Wildman–Crippen MR) is 58.7 cm³/mol. The van der Waals surface area contributed by atoms with Gasteiger partial charge < -0.3 is 4.74 Å². The summed E-state index contributed by atoms with van der Waals surface area (Å²) >= 11 is 0. The number of para-hydroxylation sites is 1. The molecule has 0 aliphatic carbocycles. The van der Waals surface area contributed by atoms with Crippen LogP contribution in [0.5, 0.6) is 5.75 Å². The van der Waals surface area contributed by atoms with E-state index in [1.807, 2.05) is 38.1 Å². The molecule has 1 atom stereocenters. The van der Waals surface area contributed by atoms with Crippen LogP contribution >= 0.6 is 0 Å². The Labute approximate surface area is 89.8 Å². The zero-order valence-corrected chi connectivity index (χ0v) is 9.23. The van der Waals surface area contributed by atoms with Gasteiger partial charge in [0.25, 0.3) is 0 Å². The van der Waals surface area contributed by atoms with Gasteiger partial charge in [-0.1, -0.05) is 32.0 Å². The monoisotopic (exact) mass is 205 g/mol. The lowest BCUT2D eigenvalue weighted by Gasteiger charge is -2.17. The number of hydrogen-bond donors (Lipinski definition) is 0. The third kappa shape index (κ3) is 2.67. The second-order valence-electron chi connectivity index (χ2n) is 3.65. The zero-order valence-electron chi connectivity index (χ0n) is 9.23. The summed E-state index contributed by atoms with van der Waals surface area (Å²) in [6, 6.07) is 7.41. The molecule has 80 valence electrons. The number of benzene rings is 1. The molecule has 1 aromatic carbocycles. The lowest BCUT2D eigenvalue weighted by atomic mass is 9.96. The first kappa shape index (κ1) is 11.5. The number of hydrogen-bond acceptors (Lipinski definition) is 3. The molecule has 0 amide bonds. The Kier molecular flexibility index (Phi) is 4.07. The normalized spacial score (nSPS) is 12.0. The second-order valence-corrected chi connectivity index (χ2v) is 3.65. The smallest absolute Gasteiger partial charge is 0.235 e. The third-order valence-electron chi connectivity index (χ3n) is 2.28. The Hall–Kier alpha value is -1.60. The Morgan fingerprint density at radius 3 is 2.53 bits per heavy atom. The van der Waals surface area contributed by atoms with Crippen LogP contribution in [0.1, 0.15) is 25.5 Å². The molecular weight excluding hydrogens is 190 g/mol. The Bertz CT molecular complexity index is 368. The Morgan fingerprint density at radius 1 is 1.33 bits per heavy atom. The van der Waals surface area contributed by atoms with Gasteiger partial charge in [0.15, 0.2) is 0 Å². The molecule has 0 saturated heterocycles. The minimum absolute atomic E-state index is 0.182. The number of methoxy groups -OCH3 is 1. The molecule has 0 aromatic heterocycles. The quantitative estimate of drug-likeness (QED) is 0.560. The summed E-state index contributed by atoms with van der Waals surface area (Å²) < 4.78 is 5.23. The van der Waals surface area contributed by atoms with Crippen molar-refractivity contribution >= 4 is 6.08 Å². The van der Waals surface area contributed by atoms with Crippen molar-refractivity contribution in [1.82, 2.24) is 0 Å². The molecule has 0 bridgehead atoms. The van der Waals surface area contributed by atoms with Crippen molar-refractivity contribution in [3.8, 4) is 5.75 Å². The number of carbonyl (C=O) groups excluding carboxylic acids is 1. The molecule has 1 unspecified atom stereocenters. The van der Waals surface area contributed by atoms with E-state index in [-0.39, 0.29) is 12.0 Å². The molecule has 0 aliphatic heterocycles. The SMILES string of the molecule is COc1ccccc1C(N=C=O)C(C)C. The average Bonchev–Trinajstić information content (AvgIpc) is 2.25. The summed E-state index contributed by atoms with van der Waals surface area (Å²) in [5, 5.41) is 0. The van der Waals surface area contributed by atoms with Crippen LogP contribution in [0.15, 0.2) is 29.3 Å². The van der Waals surface area contributed by atoms with Gasteiger partial charge in [0.2, 0.25) is 6.08 Å². The van der Waals surface area contributed by atoms with Gasteiger partial charge >= 0.3 is 0 Å². The topological polar surface area (TPSA) is 38.7 Å². The van der Waals surface area contributed by atoms with Gasteiger partial charge in [0, 0.05) is 5.56 Å². The van der Waals surface area contributed by atoms with Gasteiger partial charge in [-0.05, 0) is 12.0 Å². The van der Waals surface area contributed by atoms with Gasteiger partial charge in [-0.3, -0.25) is 0 Å². The minimum atomic E-state index is -0.182. The summed E-state index contributed by atoms with van der Waals surface area (Å²) in [6.45, 7) is 4.02. The van der Waals surface area contributed by atoms with Gasteiger partial charge in [-0.2, -0.15) is 4.99 Å². The van der Waals surface area contributed by atoms with Crippen LogP contribution in [0.3, 0.4) is 0 Å². The van der Waals surface area contributed by atoms with E-state index in [4.69, 9.17) is 4.74 Å².